The van der Waals surface area contributed by atoms with Crippen LogP contribution in [0.2, 0.25) is 0 Å². The summed E-state index contributed by atoms with van der Waals surface area (Å²) in [5.41, 5.74) is 0.548. The third-order valence-electron chi connectivity index (χ3n) is 4.78. The van der Waals surface area contributed by atoms with Gasteiger partial charge in [-0.25, -0.2) is 0 Å². The number of furan rings is 1. The number of rotatable bonds is 5. The van der Waals surface area contributed by atoms with Gasteiger partial charge in [0.25, 0.3) is 5.91 Å². The van der Waals surface area contributed by atoms with Crippen molar-refractivity contribution in [2.75, 3.05) is 0 Å². The molecule has 2 atom stereocenters. The van der Waals surface area contributed by atoms with Gasteiger partial charge in [0.1, 0.15) is 11.5 Å². The summed E-state index contributed by atoms with van der Waals surface area (Å²) in [5.74, 6) is 3.11. The molecule has 5 nitrogen and oxygen atoms in total. The third kappa shape index (κ3) is 2.96. The first-order valence-electron chi connectivity index (χ1n) is 8.20. The van der Waals surface area contributed by atoms with Crippen LogP contribution < -0.4 is 4.73 Å². The summed E-state index contributed by atoms with van der Waals surface area (Å²) in [5, 5.41) is 11.1. The summed E-state index contributed by atoms with van der Waals surface area (Å²) in [6.45, 7) is 2.72. The molecule has 1 amide bonds. The molecule has 0 unspecified atom stereocenters. The molecule has 2 aromatic heterocycles. The molecule has 4 rings (SSSR count). The van der Waals surface area contributed by atoms with Crippen molar-refractivity contribution in [2.24, 2.45) is 5.92 Å². The minimum Gasteiger partial charge on any atom is -0.619 e. The Bertz CT molecular complexity index is 718. The van der Waals surface area contributed by atoms with Gasteiger partial charge in [0.05, 0.1) is 12.1 Å². The first kappa shape index (κ1) is 14.3. The molecule has 2 heterocycles. The Labute approximate surface area is 135 Å². The molecule has 0 radical (unpaired) electrons. The van der Waals surface area contributed by atoms with Crippen LogP contribution in [-0.2, 0) is 6.54 Å². The molecular formula is C18H20N2O3. The van der Waals surface area contributed by atoms with Crippen LogP contribution in [0.25, 0.3) is 0 Å². The van der Waals surface area contributed by atoms with Gasteiger partial charge >= 0.3 is 0 Å². The minimum atomic E-state index is -0.0363. The number of pyridine rings is 1. The van der Waals surface area contributed by atoms with Crippen molar-refractivity contribution < 1.29 is 13.9 Å². The fraction of sp³-hybridized carbons (Fsp3) is 0.444. The van der Waals surface area contributed by atoms with Crippen LogP contribution in [0.5, 0.6) is 0 Å². The lowest BCUT2D eigenvalue weighted by molar-refractivity contribution is -0.605. The maximum Gasteiger partial charge on any atom is 0.254 e. The number of aromatic nitrogens is 1. The quantitative estimate of drug-likeness (QED) is 0.630. The van der Waals surface area contributed by atoms with E-state index < -0.39 is 0 Å². The number of amides is 1. The van der Waals surface area contributed by atoms with E-state index in [1.54, 1.807) is 12.1 Å². The van der Waals surface area contributed by atoms with E-state index >= 15 is 0 Å². The molecule has 0 bridgehead atoms. The smallest absolute Gasteiger partial charge is 0.254 e. The third-order valence-corrected chi connectivity index (χ3v) is 4.78. The fourth-order valence-electron chi connectivity index (χ4n) is 3.04. The van der Waals surface area contributed by atoms with Crippen molar-refractivity contribution in [1.82, 2.24) is 4.90 Å². The van der Waals surface area contributed by atoms with Gasteiger partial charge in [-0.3, -0.25) is 4.79 Å². The number of hydrogen-bond acceptors (Lipinski definition) is 3. The second-order valence-electron chi connectivity index (χ2n) is 6.73. The van der Waals surface area contributed by atoms with Gasteiger partial charge in [-0.15, -0.1) is 0 Å². The monoisotopic (exact) mass is 312 g/mol. The Morgan fingerprint density at radius 3 is 2.61 bits per heavy atom. The van der Waals surface area contributed by atoms with E-state index in [4.69, 9.17) is 4.42 Å². The highest BCUT2D eigenvalue weighted by Crippen LogP contribution is 2.47. The van der Waals surface area contributed by atoms with Gasteiger partial charge in [0.2, 0.25) is 0 Å². The first-order valence-corrected chi connectivity index (χ1v) is 8.20. The van der Waals surface area contributed by atoms with Gasteiger partial charge in [-0.1, -0.05) is 6.92 Å². The van der Waals surface area contributed by atoms with Crippen LogP contribution in [0.3, 0.4) is 0 Å². The molecule has 0 N–H and O–H groups in total. The Kier molecular flexibility index (Phi) is 3.36. The van der Waals surface area contributed by atoms with Crippen LogP contribution >= 0.6 is 0 Å². The number of hydrogen-bond donors (Lipinski definition) is 0. The zero-order valence-corrected chi connectivity index (χ0v) is 13.1. The van der Waals surface area contributed by atoms with Gasteiger partial charge < -0.3 is 14.5 Å². The van der Waals surface area contributed by atoms with E-state index in [1.165, 1.54) is 18.8 Å². The van der Waals surface area contributed by atoms with E-state index in [0.29, 0.717) is 28.7 Å². The zero-order chi connectivity index (χ0) is 16.0. The molecule has 23 heavy (non-hydrogen) atoms. The lowest BCUT2D eigenvalue weighted by Crippen LogP contribution is -2.33. The molecule has 0 spiro atoms. The number of carbonyl (C=O) groups excluding carboxylic acids is 1. The van der Waals surface area contributed by atoms with Crippen LogP contribution in [0.15, 0.2) is 41.1 Å². The zero-order valence-electron chi connectivity index (χ0n) is 13.1. The largest absolute Gasteiger partial charge is 0.619 e. The predicted molar refractivity (Wildman–Crippen MR) is 83.5 cm³/mol. The van der Waals surface area contributed by atoms with E-state index in [9.17, 15) is 10.0 Å². The molecule has 5 heteroatoms. The Hall–Kier alpha value is -2.30. The van der Waals surface area contributed by atoms with Gasteiger partial charge in [0.15, 0.2) is 12.4 Å². The number of nitrogens with zero attached hydrogens (tertiary/aromatic N) is 2. The molecule has 2 fully saturated rings. The Morgan fingerprint density at radius 2 is 2.00 bits per heavy atom. The van der Waals surface area contributed by atoms with E-state index in [1.807, 2.05) is 17.0 Å². The molecule has 0 aliphatic heterocycles. The maximum absolute atomic E-state index is 12.7. The molecule has 2 aliphatic rings. The van der Waals surface area contributed by atoms with E-state index in [-0.39, 0.29) is 11.9 Å². The topological polar surface area (TPSA) is 60.4 Å². The normalized spacial score (nSPS) is 22.8. The Morgan fingerprint density at radius 1 is 1.30 bits per heavy atom. The fourth-order valence-corrected chi connectivity index (χ4v) is 3.04. The molecule has 2 aliphatic carbocycles. The lowest BCUT2D eigenvalue weighted by atomic mass is 10.2. The van der Waals surface area contributed by atoms with Crippen LogP contribution in [0.4, 0.5) is 0 Å². The Balaban J connectivity index is 1.50. The summed E-state index contributed by atoms with van der Waals surface area (Å²) >= 11 is 0. The highest BCUT2D eigenvalue weighted by molar-refractivity contribution is 5.94. The van der Waals surface area contributed by atoms with Crippen molar-refractivity contribution in [3.8, 4) is 0 Å². The van der Waals surface area contributed by atoms with Crippen molar-refractivity contribution in [3.05, 3.63) is 59.0 Å². The van der Waals surface area contributed by atoms with Gasteiger partial charge in [0, 0.05) is 24.1 Å². The molecule has 0 aromatic carbocycles. The van der Waals surface area contributed by atoms with Crippen molar-refractivity contribution in [3.63, 3.8) is 0 Å². The maximum atomic E-state index is 12.7. The molecular weight excluding hydrogens is 292 g/mol. The molecule has 2 aromatic rings. The average molecular weight is 312 g/mol. The van der Waals surface area contributed by atoms with Crippen LogP contribution in [-0.4, -0.2) is 16.8 Å². The molecule has 0 saturated heterocycles. The van der Waals surface area contributed by atoms with Crippen LogP contribution in [0.1, 0.15) is 54.0 Å². The average Bonchev–Trinajstić information content (AvgIpc) is 3.46. The van der Waals surface area contributed by atoms with Crippen molar-refractivity contribution in [1.29, 1.82) is 0 Å². The SMILES string of the molecule is C[C@@H]1C[C@H]1c1ccc(CN(C(=O)c2cc[n+]([O-])cc2)C2CC2)o1. The second kappa shape index (κ2) is 5.41. The molecule has 120 valence electrons. The number of carbonyl (C=O) groups is 1. The summed E-state index contributed by atoms with van der Waals surface area (Å²) in [6.07, 6.45) is 5.98. The highest BCUT2D eigenvalue weighted by atomic mass is 16.5. The first-order chi connectivity index (χ1) is 11.1. The highest BCUT2D eigenvalue weighted by Gasteiger charge is 2.37. The van der Waals surface area contributed by atoms with Crippen LogP contribution in [0, 0.1) is 11.1 Å². The van der Waals surface area contributed by atoms with E-state index in [0.717, 1.165) is 24.4 Å². The molecule has 2 saturated carbocycles. The summed E-state index contributed by atoms with van der Waals surface area (Å²) in [6, 6.07) is 7.46. The standard InChI is InChI=1S/C18H20N2O3/c1-12-10-16(12)17-5-4-15(23-17)11-20(14-2-3-14)18(21)13-6-8-19(22)9-7-13/h4-9,12,14,16H,2-3,10-11H2,1H3/t12-,16-/m1/s1. The van der Waals surface area contributed by atoms with E-state index in [2.05, 4.69) is 6.92 Å². The minimum absolute atomic E-state index is 0.0363. The summed E-state index contributed by atoms with van der Waals surface area (Å²) in [4.78, 5) is 14.6. The van der Waals surface area contributed by atoms with Crippen molar-refractivity contribution >= 4 is 5.91 Å². The second-order valence-corrected chi connectivity index (χ2v) is 6.73. The van der Waals surface area contributed by atoms with Gasteiger partial charge in [-0.05, 0) is 37.3 Å². The van der Waals surface area contributed by atoms with Gasteiger partial charge in [-0.2, -0.15) is 4.73 Å². The van der Waals surface area contributed by atoms with Crippen molar-refractivity contribution in [2.45, 2.75) is 44.7 Å². The summed E-state index contributed by atoms with van der Waals surface area (Å²) < 4.78 is 6.63. The lowest BCUT2D eigenvalue weighted by Gasteiger charge is -2.21. The summed E-state index contributed by atoms with van der Waals surface area (Å²) in [7, 11) is 0. The predicted octanol–water partition coefficient (Wildman–Crippen LogP) is 2.84.